The second-order valence-corrected chi connectivity index (χ2v) is 4.36. The lowest BCUT2D eigenvalue weighted by atomic mass is 10.2. The summed E-state index contributed by atoms with van der Waals surface area (Å²) in [6.07, 6.45) is -2.24. The van der Waals surface area contributed by atoms with Gasteiger partial charge in [-0.05, 0) is 18.2 Å². The highest BCUT2D eigenvalue weighted by Gasteiger charge is 2.33. The first-order valence-electron chi connectivity index (χ1n) is 6.11. The fourth-order valence-corrected chi connectivity index (χ4v) is 1.75. The standard InChI is InChI=1S/C13H12F3N5/c1-21-7-5-10(20-21)4-6-18-12-9(8-17)2-3-11(19-12)13(14,15)16/h2-3,5,7H,4,6H2,1H3,(H,18,19). The second kappa shape index (κ2) is 5.83. The van der Waals surface area contributed by atoms with Crippen LogP contribution >= 0.6 is 0 Å². The van der Waals surface area contributed by atoms with Gasteiger partial charge in [0.2, 0.25) is 0 Å². The summed E-state index contributed by atoms with van der Waals surface area (Å²) in [6, 6.07) is 5.53. The van der Waals surface area contributed by atoms with Crippen molar-refractivity contribution in [3.8, 4) is 6.07 Å². The Balaban J connectivity index is 2.09. The third-order valence-electron chi connectivity index (χ3n) is 2.75. The molecule has 0 spiro atoms. The lowest BCUT2D eigenvalue weighted by molar-refractivity contribution is -0.141. The number of aromatic nitrogens is 3. The molecule has 0 bridgehead atoms. The maximum absolute atomic E-state index is 12.6. The van der Waals surface area contributed by atoms with Gasteiger partial charge in [-0.2, -0.15) is 23.5 Å². The molecule has 1 N–H and O–H groups in total. The first kappa shape index (κ1) is 14.8. The molecule has 2 aromatic heterocycles. The number of rotatable bonds is 4. The predicted molar refractivity (Wildman–Crippen MR) is 69.4 cm³/mol. The van der Waals surface area contributed by atoms with E-state index in [1.165, 1.54) is 0 Å². The van der Waals surface area contributed by atoms with Crippen molar-refractivity contribution in [1.82, 2.24) is 14.8 Å². The van der Waals surface area contributed by atoms with Gasteiger partial charge in [-0.1, -0.05) is 0 Å². The number of aryl methyl sites for hydroxylation is 1. The van der Waals surface area contributed by atoms with Crippen LogP contribution in [0, 0.1) is 11.3 Å². The third kappa shape index (κ3) is 3.72. The van der Waals surface area contributed by atoms with E-state index < -0.39 is 11.9 Å². The Hall–Kier alpha value is -2.56. The molecule has 110 valence electrons. The maximum Gasteiger partial charge on any atom is 0.433 e. The molecule has 0 aromatic carbocycles. The van der Waals surface area contributed by atoms with Gasteiger partial charge in [-0.25, -0.2) is 4.98 Å². The van der Waals surface area contributed by atoms with Gasteiger partial charge in [0.05, 0.1) is 11.3 Å². The second-order valence-electron chi connectivity index (χ2n) is 4.36. The van der Waals surface area contributed by atoms with Gasteiger partial charge in [0.1, 0.15) is 17.6 Å². The van der Waals surface area contributed by atoms with Crippen molar-refractivity contribution < 1.29 is 13.2 Å². The van der Waals surface area contributed by atoms with Crippen LogP contribution < -0.4 is 5.32 Å². The van der Waals surface area contributed by atoms with E-state index in [9.17, 15) is 13.2 Å². The van der Waals surface area contributed by atoms with Gasteiger partial charge in [-0.3, -0.25) is 4.68 Å². The number of pyridine rings is 1. The van der Waals surface area contributed by atoms with Gasteiger partial charge in [0, 0.05) is 26.2 Å². The third-order valence-corrected chi connectivity index (χ3v) is 2.75. The Morgan fingerprint density at radius 1 is 1.33 bits per heavy atom. The van der Waals surface area contributed by atoms with Crippen molar-refractivity contribution in [2.75, 3.05) is 11.9 Å². The number of nitrogens with zero attached hydrogens (tertiary/aromatic N) is 4. The van der Waals surface area contributed by atoms with Crippen LogP contribution in [-0.2, 0) is 19.6 Å². The quantitative estimate of drug-likeness (QED) is 0.940. The molecule has 0 saturated carbocycles. The maximum atomic E-state index is 12.6. The summed E-state index contributed by atoms with van der Waals surface area (Å²) in [7, 11) is 1.78. The number of nitrogens with one attached hydrogen (secondary N) is 1. The van der Waals surface area contributed by atoms with Crippen LogP contribution in [0.5, 0.6) is 0 Å². The van der Waals surface area contributed by atoms with Crippen LogP contribution in [-0.4, -0.2) is 21.3 Å². The monoisotopic (exact) mass is 295 g/mol. The number of alkyl halides is 3. The minimum absolute atomic E-state index is 0.0664. The van der Waals surface area contributed by atoms with Gasteiger partial charge in [-0.15, -0.1) is 0 Å². The van der Waals surface area contributed by atoms with Crippen molar-refractivity contribution in [3.05, 3.63) is 41.3 Å². The average Bonchev–Trinajstić information content (AvgIpc) is 2.83. The van der Waals surface area contributed by atoms with Gasteiger partial charge >= 0.3 is 6.18 Å². The first-order chi connectivity index (χ1) is 9.90. The summed E-state index contributed by atoms with van der Waals surface area (Å²) in [6.45, 7) is 0.333. The number of hydrogen-bond acceptors (Lipinski definition) is 4. The number of hydrogen-bond donors (Lipinski definition) is 1. The zero-order valence-corrected chi connectivity index (χ0v) is 11.1. The van der Waals surface area contributed by atoms with Gasteiger partial charge in [0.25, 0.3) is 0 Å². The van der Waals surface area contributed by atoms with E-state index in [4.69, 9.17) is 5.26 Å². The topological polar surface area (TPSA) is 66.5 Å². The van der Waals surface area contributed by atoms with Crippen molar-refractivity contribution in [1.29, 1.82) is 5.26 Å². The summed E-state index contributed by atoms with van der Waals surface area (Å²) in [5.74, 6) is -0.0664. The lowest BCUT2D eigenvalue weighted by Crippen LogP contribution is -2.13. The Morgan fingerprint density at radius 3 is 2.67 bits per heavy atom. The van der Waals surface area contributed by atoms with E-state index in [1.54, 1.807) is 17.9 Å². The highest BCUT2D eigenvalue weighted by molar-refractivity contribution is 5.52. The molecule has 0 fully saturated rings. The van der Waals surface area contributed by atoms with Crippen molar-refractivity contribution in [2.45, 2.75) is 12.6 Å². The van der Waals surface area contributed by atoms with Crippen molar-refractivity contribution >= 4 is 5.82 Å². The average molecular weight is 295 g/mol. The molecule has 0 aliphatic rings. The Labute approximate surface area is 119 Å². The van der Waals surface area contributed by atoms with Crippen LogP contribution in [0.15, 0.2) is 24.4 Å². The summed E-state index contributed by atoms with van der Waals surface area (Å²) < 4.78 is 39.5. The van der Waals surface area contributed by atoms with E-state index >= 15 is 0 Å². The molecule has 2 rings (SSSR count). The minimum Gasteiger partial charge on any atom is -0.369 e. The van der Waals surface area contributed by atoms with Crippen LogP contribution in [0.4, 0.5) is 19.0 Å². The highest BCUT2D eigenvalue weighted by atomic mass is 19.4. The van der Waals surface area contributed by atoms with Gasteiger partial charge < -0.3 is 5.32 Å². The van der Waals surface area contributed by atoms with Crippen molar-refractivity contribution in [3.63, 3.8) is 0 Å². The molecule has 0 aliphatic carbocycles. The van der Waals surface area contributed by atoms with E-state index in [-0.39, 0.29) is 11.4 Å². The molecule has 0 aliphatic heterocycles. The van der Waals surface area contributed by atoms with E-state index in [1.807, 2.05) is 12.1 Å². The molecule has 0 atom stereocenters. The number of nitriles is 1. The molecule has 0 amide bonds. The van der Waals surface area contributed by atoms with Crippen LogP contribution in [0.25, 0.3) is 0 Å². The van der Waals surface area contributed by atoms with E-state index in [0.29, 0.717) is 13.0 Å². The highest BCUT2D eigenvalue weighted by Crippen LogP contribution is 2.29. The molecular weight excluding hydrogens is 283 g/mol. The van der Waals surface area contributed by atoms with Crippen LogP contribution in [0.2, 0.25) is 0 Å². The molecule has 0 unspecified atom stereocenters. The Bertz CT molecular complexity index is 669. The van der Waals surface area contributed by atoms with E-state index in [0.717, 1.165) is 17.8 Å². The summed E-state index contributed by atoms with van der Waals surface area (Å²) in [5.41, 5.74) is -0.152. The molecule has 0 saturated heterocycles. The SMILES string of the molecule is Cn1ccc(CCNc2nc(C(F)(F)F)ccc2C#N)n1. The Kier molecular flexibility index (Phi) is 4.12. The lowest BCUT2D eigenvalue weighted by Gasteiger charge is -2.10. The minimum atomic E-state index is -4.54. The number of halogens is 3. The van der Waals surface area contributed by atoms with Crippen LogP contribution in [0.1, 0.15) is 17.0 Å². The fraction of sp³-hybridized carbons (Fsp3) is 0.308. The van der Waals surface area contributed by atoms with Crippen molar-refractivity contribution in [2.24, 2.45) is 7.05 Å². The van der Waals surface area contributed by atoms with E-state index in [2.05, 4.69) is 15.4 Å². The first-order valence-corrected chi connectivity index (χ1v) is 6.11. The summed E-state index contributed by atoms with van der Waals surface area (Å²) in [4.78, 5) is 3.47. The normalized spacial score (nSPS) is 11.2. The zero-order chi connectivity index (χ0) is 15.5. The molecule has 2 heterocycles. The molecule has 2 aromatic rings. The predicted octanol–water partition coefficient (Wildman–Crippen LogP) is 2.36. The van der Waals surface area contributed by atoms with Gasteiger partial charge in [0.15, 0.2) is 0 Å². The largest absolute Gasteiger partial charge is 0.433 e. The number of anilines is 1. The zero-order valence-electron chi connectivity index (χ0n) is 11.1. The molecule has 8 heteroatoms. The summed E-state index contributed by atoms with van der Waals surface area (Å²) in [5, 5.41) is 15.8. The summed E-state index contributed by atoms with van der Waals surface area (Å²) >= 11 is 0. The molecular formula is C13H12F3N5. The Morgan fingerprint density at radius 2 is 2.10 bits per heavy atom. The smallest absolute Gasteiger partial charge is 0.369 e. The van der Waals surface area contributed by atoms with Crippen LogP contribution in [0.3, 0.4) is 0 Å². The molecule has 21 heavy (non-hydrogen) atoms. The fourth-order valence-electron chi connectivity index (χ4n) is 1.75. The molecule has 5 nitrogen and oxygen atoms in total. The molecule has 0 radical (unpaired) electrons.